The first-order chi connectivity index (χ1) is 14.3. The number of carbonyl (C=O) groups excluding carboxylic acids is 2. The zero-order valence-corrected chi connectivity index (χ0v) is 17.9. The number of thioether (sulfide) groups is 1. The molecule has 2 aliphatic heterocycles. The highest BCUT2D eigenvalue weighted by Crippen LogP contribution is 2.41. The van der Waals surface area contributed by atoms with Crippen molar-refractivity contribution < 1.29 is 22.7 Å². The first-order valence-corrected chi connectivity index (χ1v) is 12.1. The smallest absolute Gasteiger partial charge is 0.285 e. The molecule has 0 aliphatic carbocycles. The number of nitrogens with zero attached hydrogens (tertiary/aromatic N) is 2. The third-order valence-corrected chi connectivity index (χ3v) is 8.15. The number of benzene rings is 2. The van der Waals surface area contributed by atoms with Crippen molar-refractivity contribution in [1.82, 2.24) is 0 Å². The number of Topliss-reactive ketones (excluding diaryl/α,β-unsaturated/α-hetero) is 1. The number of sulfone groups is 1. The first-order valence-electron chi connectivity index (χ1n) is 9.39. The minimum atomic E-state index is -3.15. The van der Waals surface area contributed by atoms with Crippen LogP contribution in [-0.4, -0.2) is 54.7 Å². The van der Waals surface area contributed by atoms with Gasteiger partial charge >= 0.3 is 0 Å². The van der Waals surface area contributed by atoms with Gasteiger partial charge in [0, 0.05) is 16.5 Å². The van der Waals surface area contributed by atoms with Crippen molar-refractivity contribution in [2.24, 2.45) is 4.99 Å². The van der Waals surface area contributed by atoms with E-state index < -0.39 is 15.7 Å². The molecular weight excluding hydrogens is 424 g/mol. The molecule has 156 valence electrons. The lowest BCUT2D eigenvalue weighted by Crippen LogP contribution is -2.37. The largest absolute Gasteiger partial charge is 0.484 e. The third-order valence-electron chi connectivity index (χ3n) is 4.94. The zero-order valence-electron chi connectivity index (χ0n) is 16.2. The summed E-state index contributed by atoms with van der Waals surface area (Å²) in [6, 6.07) is 15.6. The minimum absolute atomic E-state index is 0.00680. The van der Waals surface area contributed by atoms with Crippen molar-refractivity contribution >= 4 is 44.1 Å². The van der Waals surface area contributed by atoms with Gasteiger partial charge in [0.25, 0.3) is 5.91 Å². The quantitative estimate of drug-likeness (QED) is 0.655. The Morgan fingerprint density at radius 1 is 1.10 bits per heavy atom. The number of ketones is 1. The van der Waals surface area contributed by atoms with Gasteiger partial charge in [0.05, 0.1) is 17.5 Å². The molecule has 30 heavy (non-hydrogen) atoms. The van der Waals surface area contributed by atoms with E-state index in [9.17, 15) is 18.0 Å². The van der Waals surface area contributed by atoms with E-state index in [1.165, 1.54) is 18.7 Å². The fourth-order valence-corrected chi connectivity index (χ4v) is 7.46. The molecule has 0 bridgehead atoms. The summed E-state index contributed by atoms with van der Waals surface area (Å²) in [6.07, 6.45) is 0. The molecule has 0 aromatic heterocycles. The summed E-state index contributed by atoms with van der Waals surface area (Å²) in [5.41, 5.74) is 1.26. The van der Waals surface area contributed by atoms with E-state index in [1.807, 2.05) is 18.2 Å². The number of carbonyl (C=O) groups is 2. The van der Waals surface area contributed by atoms with Gasteiger partial charge in [-0.25, -0.2) is 8.42 Å². The molecular formula is C21H20N2O5S2. The summed E-state index contributed by atoms with van der Waals surface area (Å²) in [5, 5.41) is 0.265. The maximum atomic E-state index is 12.4. The summed E-state index contributed by atoms with van der Waals surface area (Å²) < 4.78 is 29.8. The molecule has 0 N–H and O–H groups in total. The second-order valence-electron chi connectivity index (χ2n) is 7.16. The predicted molar refractivity (Wildman–Crippen MR) is 117 cm³/mol. The topological polar surface area (TPSA) is 93.1 Å². The van der Waals surface area contributed by atoms with Gasteiger partial charge in [0.1, 0.15) is 5.75 Å². The monoisotopic (exact) mass is 444 g/mol. The van der Waals surface area contributed by atoms with E-state index in [0.717, 1.165) is 0 Å². The molecule has 2 atom stereocenters. The molecule has 2 saturated heterocycles. The van der Waals surface area contributed by atoms with Gasteiger partial charge in [-0.3, -0.25) is 9.59 Å². The van der Waals surface area contributed by atoms with Gasteiger partial charge < -0.3 is 9.64 Å². The van der Waals surface area contributed by atoms with Gasteiger partial charge in [-0.2, -0.15) is 4.99 Å². The molecule has 7 nitrogen and oxygen atoms in total. The lowest BCUT2D eigenvalue weighted by Gasteiger charge is -2.24. The maximum absolute atomic E-state index is 12.4. The van der Waals surface area contributed by atoms with Gasteiger partial charge in [-0.1, -0.05) is 30.0 Å². The second kappa shape index (κ2) is 8.23. The van der Waals surface area contributed by atoms with Crippen molar-refractivity contribution in [1.29, 1.82) is 0 Å². The van der Waals surface area contributed by atoms with Crippen LogP contribution in [0.3, 0.4) is 0 Å². The lowest BCUT2D eigenvalue weighted by molar-refractivity contribution is -0.119. The molecule has 0 saturated carbocycles. The Balaban J connectivity index is 1.58. The van der Waals surface area contributed by atoms with E-state index >= 15 is 0 Å². The predicted octanol–water partition coefficient (Wildman–Crippen LogP) is 2.57. The van der Waals surface area contributed by atoms with Gasteiger partial charge in [-0.15, -0.1) is 0 Å². The molecule has 2 heterocycles. The average molecular weight is 445 g/mol. The number of hydrogen-bond donors (Lipinski definition) is 0. The van der Waals surface area contributed by atoms with Crippen molar-refractivity contribution in [3.63, 3.8) is 0 Å². The molecule has 2 fully saturated rings. The number of para-hydroxylation sites is 1. The van der Waals surface area contributed by atoms with E-state index in [0.29, 0.717) is 22.2 Å². The molecule has 9 heteroatoms. The van der Waals surface area contributed by atoms with Crippen LogP contribution in [0.5, 0.6) is 5.75 Å². The molecule has 4 rings (SSSR count). The SMILES string of the molecule is CC(=O)c1ccc(N2C(=NC(=O)COc3ccccc3)S[C@H]3CS(=O)(=O)C[C@H]32)cc1. The Morgan fingerprint density at radius 2 is 1.80 bits per heavy atom. The first kappa shape index (κ1) is 20.6. The Kier molecular flexibility index (Phi) is 5.66. The summed E-state index contributed by atoms with van der Waals surface area (Å²) in [6.45, 7) is 1.28. The fourth-order valence-electron chi connectivity index (χ4n) is 3.52. The Labute approximate surface area is 179 Å². The van der Waals surface area contributed by atoms with E-state index in [1.54, 1.807) is 41.3 Å². The molecule has 2 aromatic rings. The Hall–Kier alpha value is -2.65. The molecule has 0 spiro atoms. The molecule has 0 radical (unpaired) electrons. The lowest BCUT2D eigenvalue weighted by atomic mass is 10.1. The zero-order chi connectivity index (χ0) is 21.3. The Bertz CT molecular complexity index is 1100. The van der Waals surface area contributed by atoms with Crippen LogP contribution in [0.25, 0.3) is 0 Å². The van der Waals surface area contributed by atoms with Crippen LogP contribution in [0, 0.1) is 0 Å². The summed E-state index contributed by atoms with van der Waals surface area (Å²) >= 11 is 1.30. The summed E-state index contributed by atoms with van der Waals surface area (Å²) in [5.74, 6) is 0.130. The highest BCUT2D eigenvalue weighted by Gasteiger charge is 2.49. The number of ether oxygens (including phenoxy) is 1. The van der Waals surface area contributed by atoms with Crippen LogP contribution < -0.4 is 9.64 Å². The van der Waals surface area contributed by atoms with Crippen molar-refractivity contribution in [3.05, 3.63) is 60.2 Å². The number of amides is 1. The van der Waals surface area contributed by atoms with E-state index in [-0.39, 0.29) is 35.2 Å². The minimum Gasteiger partial charge on any atom is -0.484 e. The van der Waals surface area contributed by atoms with Crippen LogP contribution in [0.4, 0.5) is 5.69 Å². The number of rotatable bonds is 5. The Morgan fingerprint density at radius 3 is 2.47 bits per heavy atom. The molecule has 2 aromatic carbocycles. The second-order valence-corrected chi connectivity index (χ2v) is 10.5. The number of anilines is 1. The molecule has 0 unspecified atom stereocenters. The van der Waals surface area contributed by atoms with E-state index in [2.05, 4.69) is 4.99 Å². The number of hydrogen-bond acceptors (Lipinski definition) is 6. The molecule has 2 aliphatic rings. The van der Waals surface area contributed by atoms with Crippen LogP contribution >= 0.6 is 11.8 Å². The van der Waals surface area contributed by atoms with Crippen molar-refractivity contribution in [3.8, 4) is 5.75 Å². The van der Waals surface area contributed by atoms with Crippen LogP contribution in [0.2, 0.25) is 0 Å². The highest BCUT2D eigenvalue weighted by atomic mass is 32.2. The normalized spacial score (nSPS) is 23.4. The van der Waals surface area contributed by atoms with Crippen LogP contribution in [0.1, 0.15) is 17.3 Å². The van der Waals surface area contributed by atoms with Gasteiger partial charge in [0.2, 0.25) is 0 Å². The van der Waals surface area contributed by atoms with Crippen molar-refractivity contribution in [2.75, 3.05) is 23.0 Å². The van der Waals surface area contributed by atoms with Gasteiger partial charge in [-0.05, 0) is 43.3 Å². The van der Waals surface area contributed by atoms with Gasteiger partial charge in [0.15, 0.2) is 27.4 Å². The third kappa shape index (κ3) is 4.41. The highest BCUT2D eigenvalue weighted by molar-refractivity contribution is 8.16. The number of aliphatic imine (C=N–C) groups is 1. The number of fused-ring (bicyclic) bond motifs is 1. The standard InChI is InChI=1S/C21H20N2O5S2/c1-14(24)15-7-9-16(10-8-15)23-18-12-30(26,27)13-19(18)29-21(23)22-20(25)11-28-17-5-3-2-4-6-17/h2-10,18-19H,11-13H2,1H3/t18-,19+/m1/s1. The van der Waals surface area contributed by atoms with Crippen LogP contribution in [-0.2, 0) is 14.6 Å². The summed E-state index contributed by atoms with van der Waals surface area (Å²) in [7, 11) is -3.15. The average Bonchev–Trinajstić information content (AvgIpc) is 3.18. The van der Waals surface area contributed by atoms with Crippen molar-refractivity contribution in [2.45, 2.75) is 18.2 Å². The van der Waals surface area contributed by atoms with E-state index in [4.69, 9.17) is 4.74 Å². The maximum Gasteiger partial charge on any atom is 0.285 e. The fraction of sp³-hybridized carbons (Fsp3) is 0.286. The summed E-state index contributed by atoms with van der Waals surface area (Å²) in [4.78, 5) is 30.0. The number of amidine groups is 1. The molecule has 1 amide bonds. The van der Waals surface area contributed by atoms with Crippen LogP contribution in [0.15, 0.2) is 59.6 Å².